The van der Waals surface area contributed by atoms with Gasteiger partial charge in [-0.1, -0.05) is 0 Å². The van der Waals surface area contributed by atoms with E-state index < -0.39 is 35.2 Å². The Bertz CT molecular complexity index is 490. The summed E-state index contributed by atoms with van der Waals surface area (Å²) in [7, 11) is 0. The molecule has 0 unspecified atom stereocenters. The number of imide groups is 2. The number of carbonyl (C=O) groups is 5. The predicted octanol–water partition coefficient (Wildman–Crippen LogP) is -1.57. The largest absolute Gasteiger partial charge is 0.477 e. The molecule has 17 heavy (non-hydrogen) atoms. The minimum absolute atomic E-state index is 0.0989. The highest BCUT2D eigenvalue weighted by molar-refractivity contribution is 6.29. The summed E-state index contributed by atoms with van der Waals surface area (Å²) in [6.07, 6.45) is 0.389. The summed E-state index contributed by atoms with van der Waals surface area (Å²) in [5.41, 5.74) is -0.762. The molecule has 0 spiro atoms. The number of hydrazine groups is 1. The maximum atomic E-state index is 11.5. The van der Waals surface area contributed by atoms with Crippen molar-refractivity contribution in [3.63, 3.8) is 0 Å². The summed E-state index contributed by atoms with van der Waals surface area (Å²) in [4.78, 5) is 56.2. The molecular formula is C9H6N2O6. The van der Waals surface area contributed by atoms with Crippen LogP contribution in [-0.2, 0) is 24.0 Å². The number of carboxylic acids is 1. The summed E-state index contributed by atoms with van der Waals surface area (Å²) < 4.78 is 0. The van der Waals surface area contributed by atoms with Crippen molar-refractivity contribution in [1.82, 2.24) is 10.0 Å². The average molecular weight is 238 g/mol. The second kappa shape index (κ2) is 3.51. The zero-order valence-electron chi connectivity index (χ0n) is 8.37. The van der Waals surface area contributed by atoms with Crippen molar-refractivity contribution in [2.75, 3.05) is 0 Å². The van der Waals surface area contributed by atoms with Crippen LogP contribution in [0.5, 0.6) is 0 Å². The molecule has 0 aromatic heterocycles. The van der Waals surface area contributed by atoms with Crippen molar-refractivity contribution in [1.29, 1.82) is 0 Å². The van der Waals surface area contributed by atoms with E-state index in [2.05, 4.69) is 0 Å². The van der Waals surface area contributed by atoms with E-state index in [1.807, 2.05) is 0 Å². The number of aliphatic carboxylic acids is 1. The van der Waals surface area contributed by atoms with Gasteiger partial charge in [-0.2, -0.15) is 10.0 Å². The molecule has 2 aliphatic rings. The zero-order chi connectivity index (χ0) is 12.7. The number of carboxylic acid groups (broad SMARTS) is 1. The molecule has 2 aliphatic heterocycles. The Kier molecular flexibility index (Phi) is 2.27. The van der Waals surface area contributed by atoms with Gasteiger partial charge >= 0.3 is 5.97 Å². The third-order valence-electron chi connectivity index (χ3n) is 2.35. The summed E-state index contributed by atoms with van der Waals surface area (Å²) >= 11 is 0. The van der Waals surface area contributed by atoms with Crippen LogP contribution in [0, 0.1) is 0 Å². The molecular weight excluding hydrogens is 232 g/mol. The van der Waals surface area contributed by atoms with Crippen LogP contribution >= 0.6 is 0 Å². The summed E-state index contributed by atoms with van der Waals surface area (Å²) in [5, 5.41) is 9.30. The quantitative estimate of drug-likeness (QED) is 0.459. The zero-order valence-corrected chi connectivity index (χ0v) is 8.37. The van der Waals surface area contributed by atoms with Gasteiger partial charge in [0.1, 0.15) is 5.57 Å². The summed E-state index contributed by atoms with van der Waals surface area (Å²) in [6.45, 7) is 0. The highest BCUT2D eigenvalue weighted by Crippen LogP contribution is 2.21. The topological polar surface area (TPSA) is 112 Å². The van der Waals surface area contributed by atoms with Gasteiger partial charge in [-0.25, -0.2) is 4.79 Å². The van der Waals surface area contributed by atoms with E-state index in [4.69, 9.17) is 5.11 Å². The second-order valence-electron chi connectivity index (χ2n) is 3.42. The van der Waals surface area contributed by atoms with Crippen LogP contribution in [-0.4, -0.2) is 44.7 Å². The molecule has 4 amide bonds. The molecule has 0 saturated carbocycles. The summed E-state index contributed by atoms with van der Waals surface area (Å²) in [6, 6.07) is 0. The van der Waals surface area contributed by atoms with Gasteiger partial charge in [0, 0.05) is 18.9 Å². The molecule has 1 N–H and O–H groups in total. The fraction of sp³-hybridized carbons (Fsp3) is 0.222. The number of hydrogen-bond acceptors (Lipinski definition) is 5. The molecule has 0 aliphatic carbocycles. The first-order valence-corrected chi connectivity index (χ1v) is 4.62. The molecule has 2 rings (SSSR count). The Morgan fingerprint density at radius 2 is 1.59 bits per heavy atom. The SMILES string of the molecule is O=C(O)C1=CC(=O)N(N2C(=O)CCC2=O)C1=O. The third kappa shape index (κ3) is 1.50. The molecule has 8 nitrogen and oxygen atoms in total. The lowest BCUT2D eigenvalue weighted by Crippen LogP contribution is -2.50. The van der Waals surface area contributed by atoms with E-state index in [9.17, 15) is 24.0 Å². The Labute approximate surface area is 94.0 Å². The molecule has 0 atom stereocenters. The van der Waals surface area contributed by atoms with Gasteiger partial charge in [-0.15, -0.1) is 0 Å². The standard InChI is InChI=1S/C9H6N2O6/c12-5-1-2-6(13)10(5)11-7(14)3-4(8(11)15)9(16)17/h3H,1-2H2,(H,16,17). The van der Waals surface area contributed by atoms with Crippen LogP contribution < -0.4 is 0 Å². The van der Waals surface area contributed by atoms with Gasteiger partial charge in [0.15, 0.2) is 0 Å². The number of amides is 4. The Balaban J connectivity index is 2.34. The van der Waals surface area contributed by atoms with Crippen LogP contribution in [0.25, 0.3) is 0 Å². The first-order valence-electron chi connectivity index (χ1n) is 4.62. The Morgan fingerprint density at radius 1 is 1.06 bits per heavy atom. The minimum atomic E-state index is -1.58. The average Bonchev–Trinajstić information content (AvgIpc) is 2.70. The van der Waals surface area contributed by atoms with E-state index in [1.54, 1.807) is 0 Å². The van der Waals surface area contributed by atoms with E-state index in [0.29, 0.717) is 11.1 Å². The van der Waals surface area contributed by atoms with Gasteiger partial charge in [0.2, 0.25) is 11.8 Å². The molecule has 1 saturated heterocycles. The maximum absolute atomic E-state index is 11.5. The lowest BCUT2D eigenvalue weighted by atomic mass is 10.3. The van der Waals surface area contributed by atoms with Crippen LogP contribution in [0.15, 0.2) is 11.6 Å². The van der Waals surface area contributed by atoms with Crippen LogP contribution in [0.1, 0.15) is 12.8 Å². The smallest absolute Gasteiger partial charge is 0.341 e. The lowest BCUT2D eigenvalue weighted by Gasteiger charge is -2.23. The van der Waals surface area contributed by atoms with E-state index in [0.717, 1.165) is 0 Å². The normalized spacial score (nSPS) is 20.4. The molecule has 1 fully saturated rings. The molecule has 2 heterocycles. The van der Waals surface area contributed by atoms with Crippen molar-refractivity contribution < 1.29 is 29.1 Å². The molecule has 0 radical (unpaired) electrons. The first kappa shape index (κ1) is 11.0. The number of nitrogens with zero attached hydrogens (tertiary/aromatic N) is 2. The molecule has 0 aromatic carbocycles. The van der Waals surface area contributed by atoms with Crippen molar-refractivity contribution in [3.8, 4) is 0 Å². The molecule has 0 bridgehead atoms. The number of rotatable bonds is 2. The summed E-state index contributed by atoms with van der Waals surface area (Å²) in [5.74, 6) is -5.15. The van der Waals surface area contributed by atoms with Crippen LogP contribution in [0.3, 0.4) is 0 Å². The highest BCUT2D eigenvalue weighted by Gasteiger charge is 2.45. The predicted molar refractivity (Wildman–Crippen MR) is 48.7 cm³/mol. The van der Waals surface area contributed by atoms with E-state index >= 15 is 0 Å². The van der Waals surface area contributed by atoms with Gasteiger partial charge in [0.05, 0.1) is 0 Å². The van der Waals surface area contributed by atoms with Crippen molar-refractivity contribution >= 4 is 29.6 Å². The van der Waals surface area contributed by atoms with Crippen molar-refractivity contribution in [2.24, 2.45) is 0 Å². The van der Waals surface area contributed by atoms with E-state index in [1.165, 1.54) is 0 Å². The molecule has 0 aromatic rings. The van der Waals surface area contributed by atoms with Crippen molar-refractivity contribution in [2.45, 2.75) is 12.8 Å². The van der Waals surface area contributed by atoms with Crippen LogP contribution in [0.2, 0.25) is 0 Å². The second-order valence-corrected chi connectivity index (χ2v) is 3.42. The fourth-order valence-corrected chi connectivity index (χ4v) is 1.59. The Hall–Kier alpha value is -2.51. The minimum Gasteiger partial charge on any atom is -0.477 e. The van der Waals surface area contributed by atoms with Gasteiger partial charge in [-0.05, 0) is 0 Å². The van der Waals surface area contributed by atoms with Gasteiger partial charge < -0.3 is 5.11 Å². The molecule has 8 heteroatoms. The lowest BCUT2D eigenvalue weighted by molar-refractivity contribution is -0.171. The maximum Gasteiger partial charge on any atom is 0.341 e. The van der Waals surface area contributed by atoms with Crippen LogP contribution in [0.4, 0.5) is 0 Å². The van der Waals surface area contributed by atoms with Crippen molar-refractivity contribution in [3.05, 3.63) is 11.6 Å². The van der Waals surface area contributed by atoms with Gasteiger partial charge in [-0.3, -0.25) is 19.2 Å². The third-order valence-corrected chi connectivity index (χ3v) is 2.35. The monoisotopic (exact) mass is 238 g/mol. The number of carbonyl (C=O) groups excluding carboxylic acids is 4. The highest BCUT2D eigenvalue weighted by atomic mass is 16.4. The molecule has 88 valence electrons. The first-order chi connectivity index (χ1) is 7.93. The number of hydrogen-bond donors (Lipinski definition) is 1. The van der Waals surface area contributed by atoms with E-state index in [-0.39, 0.29) is 17.9 Å². The fourth-order valence-electron chi connectivity index (χ4n) is 1.59. The Morgan fingerprint density at radius 3 is 2.00 bits per heavy atom. The van der Waals surface area contributed by atoms with Gasteiger partial charge in [0.25, 0.3) is 11.8 Å².